The van der Waals surface area contributed by atoms with Crippen molar-refractivity contribution in [2.24, 2.45) is 0 Å². The van der Waals surface area contributed by atoms with Crippen LogP contribution in [0.2, 0.25) is 0 Å². The Morgan fingerprint density at radius 3 is 3.00 bits per heavy atom. The highest BCUT2D eigenvalue weighted by molar-refractivity contribution is 7.14. The van der Waals surface area contributed by atoms with E-state index in [1.807, 2.05) is 24.3 Å². The Hall–Kier alpha value is -1.81. The maximum atomic E-state index is 12.6. The standard InChI is InChI=1S/C18H19NO2S/c20-18(17-11-12-5-1-4-8-16(12)22-17)19-14-9-10-21-15-7-3-2-6-13(14)15/h2-3,6-7,11,14H,1,4-5,8-10H2,(H,19,20)/t14-/m1/s1. The van der Waals surface area contributed by atoms with Gasteiger partial charge in [-0.05, 0) is 43.4 Å². The predicted molar refractivity (Wildman–Crippen MR) is 87.7 cm³/mol. The van der Waals surface area contributed by atoms with Crippen LogP contribution in [-0.4, -0.2) is 12.5 Å². The molecular formula is C18H19NO2S. The third kappa shape index (κ3) is 2.52. The zero-order valence-corrected chi connectivity index (χ0v) is 13.2. The van der Waals surface area contributed by atoms with Crippen LogP contribution in [0.25, 0.3) is 0 Å². The van der Waals surface area contributed by atoms with E-state index >= 15 is 0 Å². The summed E-state index contributed by atoms with van der Waals surface area (Å²) in [6, 6.07) is 10.1. The first-order chi connectivity index (χ1) is 10.8. The van der Waals surface area contributed by atoms with E-state index < -0.39 is 0 Å². The Balaban J connectivity index is 1.54. The molecule has 1 amide bonds. The third-order valence-electron chi connectivity index (χ3n) is 4.48. The van der Waals surface area contributed by atoms with Crippen molar-refractivity contribution in [2.45, 2.75) is 38.1 Å². The summed E-state index contributed by atoms with van der Waals surface area (Å²) in [6.45, 7) is 0.656. The van der Waals surface area contributed by atoms with Gasteiger partial charge in [0.25, 0.3) is 5.91 Å². The van der Waals surface area contributed by atoms with Crippen LogP contribution >= 0.6 is 11.3 Å². The minimum Gasteiger partial charge on any atom is -0.493 e. The van der Waals surface area contributed by atoms with Gasteiger partial charge in [0, 0.05) is 16.9 Å². The first kappa shape index (κ1) is 13.8. The summed E-state index contributed by atoms with van der Waals surface area (Å²) in [5.74, 6) is 0.950. The zero-order chi connectivity index (χ0) is 14.9. The van der Waals surface area contributed by atoms with Crippen LogP contribution in [-0.2, 0) is 12.8 Å². The maximum absolute atomic E-state index is 12.6. The second kappa shape index (κ2) is 5.76. The molecule has 0 radical (unpaired) electrons. The summed E-state index contributed by atoms with van der Waals surface area (Å²) in [7, 11) is 0. The van der Waals surface area contributed by atoms with Gasteiger partial charge >= 0.3 is 0 Å². The predicted octanol–water partition coefficient (Wildman–Crippen LogP) is 3.88. The molecule has 2 aromatic rings. The van der Waals surface area contributed by atoms with Gasteiger partial charge in [-0.25, -0.2) is 0 Å². The van der Waals surface area contributed by atoms with Gasteiger partial charge in [-0.1, -0.05) is 18.2 Å². The molecule has 0 saturated carbocycles. The summed E-state index contributed by atoms with van der Waals surface area (Å²) in [4.78, 5) is 14.9. The fourth-order valence-corrected chi connectivity index (χ4v) is 4.48. The second-order valence-electron chi connectivity index (χ2n) is 5.97. The number of fused-ring (bicyclic) bond motifs is 2. The number of carbonyl (C=O) groups excluding carboxylic acids is 1. The van der Waals surface area contributed by atoms with E-state index in [4.69, 9.17) is 4.74 Å². The lowest BCUT2D eigenvalue weighted by Crippen LogP contribution is -2.31. The average Bonchev–Trinajstić information content (AvgIpc) is 2.99. The van der Waals surface area contributed by atoms with E-state index in [1.54, 1.807) is 11.3 Å². The minimum absolute atomic E-state index is 0.0524. The lowest BCUT2D eigenvalue weighted by atomic mass is 9.99. The van der Waals surface area contributed by atoms with Gasteiger partial charge in [0.1, 0.15) is 5.75 Å². The summed E-state index contributed by atoms with van der Waals surface area (Å²) >= 11 is 1.67. The van der Waals surface area contributed by atoms with Crippen molar-refractivity contribution in [3.05, 3.63) is 51.2 Å². The molecule has 114 valence electrons. The van der Waals surface area contributed by atoms with Gasteiger partial charge in [-0.15, -0.1) is 11.3 Å². The van der Waals surface area contributed by atoms with Gasteiger partial charge in [0.05, 0.1) is 17.5 Å². The smallest absolute Gasteiger partial charge is 0.261 e. The number of aryl methyl sites for hydroxylation is 2. The van der Waals surface area contributed by atoms with E-state index in [2.05, 4.69) is 11.4 Å². The van der Waals surface area contributed by atoms with E-state index in [-0.39, 0.29) is 11.9 Å². The van der Waals surface area contributed by atoms with E-state index in [0.29, 0.717) is 6.61 Å². The fourth-order valence-electron chi connectivity index (χ4n) is 3.32. The van der Waals surface area contributed by atoms with Crippen molar-refractivity contribution in [3.63, 3.8) is 0 Å². The van der Waals surface area contributed by atoms with Crippen LogP contribution in [0.4, 0.5) is 0 Å². The summed E-state index contributed by atoms with van der Waals surface area (Å²) in [6.07, 6.45) is 5.58. The first-order valence-electron chi connectivity index (χ1n) is 7.95. The molecule has 2 aliphatic rings. The lowest BCUT2D eigenvalue weighted by Gasteiger charge is -2.26. The highest BCUT2D eigenvalue weighted by Gasteiger charge is 2.24. The molecule has 4 rings (SSSR count). The topological polar surface area (TPSA) is 38.3 Å². The number of para-hydroxylation sites is 1. The largest absolute Gasteiger partial charge is 0.493 e. The molecule has 1 aliphatic heterocycles. The molecule has 1 aromatic carbocycles. The van der Waals surface area contributed by atoms with Crippen molar-refractivity contribution < 1.29 is 9.53 Å². The number of thiophene rings is 1. The molecule has 3 nitrogen and oxygen atoms in total. The number of carbonyl (C=O) groups is 1. The van der Waals surface area contributed by atoms with Gasteiger partial charge in [-0.2, -0.15) is 0 Å². The minimum atomic E-state index is 0.0524. The third-order valence-corrected chi connectivity index (χ3v) is 5.72. The molecule has 0 fully saturated rings. The fraction of sp³-hybridized carbons (Fsp3) is 0.389. The monoisotopic (exact) mass is 313 g/mol. The van der Waals surface area contributed by atoms with Crippen molar-refractivity contribution >= 4 is 17.2 Å². The summed E-state index contributed by atoms with van der Waals surface area (Å²) in [5.41, 5.74) is 2.47. The Morgan fingerprint density at radius 1 is 1.23 bits per heavy atom. The van der Waals surface area contributed by atoms with E-state index in [0.717, 1.165) is 35.5 Å². The van der Waals surface area contributed by atoms with Crippen molar-refractivity contribution in [1.29, 1.82) is 0 Å². The van der Waals surface area contributed by atoms with Crippen LogP contribution in [0, 0.1) is 0 Å². The molecule has 1 aromatic heterocycles. The highest BCUT2D eigenvalue weighted by Crippen LogP contribution is 2.33. The van der Waals surface area contributed by atoms with Gasteiger partial charge in [-0.3, -0.25) is 4.79 Å². The Bertz CT molecular complexity index is 683. The number of hydrogen-bond donors (Lipinski definition) is 1. The first-order valence-corrected chi connectivity index (χ1v) is 8.77. The van der Waals surface area contributed by atoms with Crippen LogP contribution in [0.3, 0.4) is 0 Å². The molecule has 1 atom stereocenters. The summed E-state index contributed by atoms with van der Waals surface area (Å²) < 4.78 is 5.66. The molecule has 0 saturated heterocycles. The molecule has 1 aliphatic carbocycles. The Labute approximate surface area is 134 Å². The van der Waals surface area contributed by atoms with Crippen LogP contribution in [0.5, 0.6) is 5.75 Å². The van der Waals surface area contributed by atoms with Crippen molar-refractivity contribution in [1.82, 2.24) is 5.32 Å². The quantitative estimate of drug-likeness (QED) is 0.913. The molecule has 2 heterocycles. The molecule has 4 heteroatoms. The Kier molecular flexibility index (Phi) is 3.62. The average molecular weight is 313 g/mol. The highest BCUT2D eigenvalue weighted by atomic mass is 32.1. The number of benzene rings is 1. The van der Waals surface area contributed by atoms with E-state index in [9.17, 15) is 4.79 Å². The molecule has 0 bridgehead atoms. The SMILES string of the molecule is O=C(N[C@@H]1CCOc2ccccc21)c1cc2c(s1)CCCC2. The maximum Gasteiger partial charge on any atom is 0.261 e. The second-order valence-corrected chi connectivity index (χ2v) is 7.10. The zero-order valence-electron chi connectivity index (χ0n) is 12.4. The van der Waals surface area contributed by atoms with Gasteiger partial charge < -0.3 is 10.1 Å². The molecule has 22 heavy (non-hydrogen) atoms. The lowest BCUT2D eigenvalue weighted by molar-refractivity contribution is 0.0929. The number of hydrogen-bond acceptors (Lipinski definition) is 3. The molecular weight excluding hydrogens is 294 g/mol. The van der Waals surface area contributed by atoms with E-state index in [1.165, 1.54) is 23.3 Å². The normalized spacial score (nSPS) is 19.7. The Morgan fingerprint density at radius 2 is 2.09 bits per heavy atom. The van der Waals surface area contributed by atoms with Gasteiger partial charge in [0.2, 0.25) is 0 Å². The molecule has 0 spiro atoms. The summed E-state index contributed by atoms with van der Waals surface area (Å²) in [5, 5.41) is 3.19. The van der Waals surface area contributed by atoms with Gasteiger partial charge in [0.15, 0.2) is 0 Å². The van der Waals surface area contributed by atoms with Crippen LogP contribution < -0.4 is 10.1 Å². The van der Waals surface area contributed by atoms with Crippen molar-refractivity contribution in [2.75, 3.05) is 6.61 Å². The number of amides is 1. The number of nitrogens with one attached hydrogen (secondary N) is 1. The van der Waals surface area contributed by atoms with Crippen molar-refractivity contribution in [3.8, 4) is 5.75 Å². The number of rotatable bonds is 2. The number of ether oxygens (including phenoxy) is 1. The van der Waals surface area contributed by atoms with Crippen LogP contribution in [0.15, 0.2) is 30.3 Å². The van der Waals surface area contributed by atoms with Crippen LogP contribution in [0.1, 0.15) is 51.0 Å². The molecule has 1 N–H and O–H groups in total. The molecule has 0 unspecified atom stereocenters.